The highest BCUT2D eigenvalue weighted by Gasteiger charge is 2.19. The topological polar surface area (TPSA) is 134 Å². The molecule has 0 unspecified atom stereocenters. The normalized spacial score (nSPS) is 14.1. The largest absolute Gasteiger partial charge is 0.489 e. The number of anilines is 2. The fourth-order valence-electron chi connectivity index (χ4n) is 3.09. The molecule has 0 radical (unpaired) electrons. The van der Waals surface area contributed by atoms with Gasteiger partial charge in [-0.1, -0.05) is 0 Å². The summed E-state index contributed by atoms with van der Waals surface area (Å²) in [6.45, 7) is 1.81. The number of amides is 2. The standard InChI is InChI=1S/C20H21N7O3/c28-19(13-8-16(11-23-9-13)30-15-3-6-21-7-4-15)26-17-12-24-27-18(17)20(29)25-14-2-1-5-22-10-14/h1-2,5,8-12,15,21H,3-4,6-7H2,(H,24,27)(H,25,29)(H,26,28). The van der Waals surface area contributed by atoms with Gasteiger partial charge in [-0.2, -0.15) is 5.10 Å². The molecule has 30 heavy (non-hydrogen) atoms. The van der Waals surface area contributed by atoms with Crippen LogP contribution in [0.2, 0.25) is 0 Å². The van der Waals surface area contributed by atoms with Crippen molar-refractivity contribution in [2.24, 2.45) is 0 Å². The molecule has 1 saturated heterocycles. The van der Waals surface area contributed by atoms with Crippen molar-refractivity contribution in [2.75, 3.05) is 23.7 Å². The highest BCUT2D eigenvalue weighted by Crippen LogP contribution is 2.19. The molecule has 2 amide bonds. The van der Waals surface area contributed by atoms with Crippen molar-refractivity contribution in [1.29, 1.82) is 0 Å². The number of hydrogen-bond acceptors (Lipinski definition) is 7. The third kappa shape index (κ3) is 4.78. The van der Waals surface area contributed by atoms with E-state index in [1.54, 1.807) is 30.6 Å². The number of piperidine rings is 1. The van der Waals surface area contributed by atoms with E-state index in [9.17, 15) is 9.59 Å². The van der Waals surface area contributed by atoms with E-state index in [-0.39, 0.29) is 17.5 Å². The molecular weight excluding hydrogens is 386 g/mol. The second kappa shape index (κ2) is 9.14. The van der Waals surface area contributed by atoms with Gasteiger partial charge in [0.15, 0.2) is 0 Å². The molecule has 4 N–H and O–H groups in total. The van der Waals surface area contributed by atoms with Gasteiger partial charge in [0.05, 0.1) is 35.5 Å². The summed E-state index contributed by atoms with van der Waals surface area (Å²) in [6.07, 6.45) is 9.44. The van der Waals surface area contributed by atoms with E-state index < -0.39 is 11.8 Å². The van der Waals surface area contributed by atoms with Crippen LogP contribution in [0, 0.1) is 0 Å². The zero-order valence-corrected chi connectivity index (χ0v) is 16.1. The van der Waals surface area contributed by atoms with Crippen molar-refractivity contribution in [2.45, 2.75) is 18.9 Å². The summed E-state index contributed by atoms with van der Waals surface area (Å²) in [6, 6.07) is 5.05. The van der Waals surface area contributed by atoms with Crippen molar-refractivity contribution in [1.82, 2.24) is 25.5 Å². The Hall–Kier alpha value is -3.79. The summed E-state index contributed by atoms with van der Waals surface area (Å²) >= 11 is 0. The third-order valence-electron chi connectivity index (χ3n) is 4.60. The van der Waals surface area contributed by atoms with Crippen LogP contribution in [0.4, 0.5) is 11.4 Å². The lowest BCUT2D eigenvalue weighted by atomic mass is 10.1. The van der Waals surface area contributed by atoms with E-state index in [1.807, 2.05) is 0 Å². The zero-order chi connectivity index (χ0) is 20.8. The van der Waals surface area contributed by atoms with Crippen LogP contribution >= 0.6 is 0 Å². The lowest BCUT2D eigenvalue weighted by Gasteiger charge is -2.23. The molecule has 0 spiro atoms. The monoisotopic (exact) mass is 407 g/mol. The van der Waals surface area contributed by atoms with Crippen molar-refractivity contribution >= 4 is 23.2 Å². The van der Waals surface area contributed by atoms with Crippen molar-refractivity contribution in [3.8, 4) is 5.75 Å². The molecule has 3 aromatic rings. The number of carbonyl (C=O) groups excluding carboxylic acids is 2. The first-order valence-electron chi connectivity index (χ1n) is 9.57. The smallest absolute Gasteiger partial charge is 0.275 e. The average molecular weight is 407 g/mol. The first-order chi connectivity index (χ1) is 14.7. The predicted octanol–water partition coefficient (Wildman–Crippen LogP) is 1.84. The number of hydrogen-bond donors (Lipinski definition) is 4. The number of nitrogens with zero attached hydrogens (tertiary/aromatic N) is 3. The fourth-order valence-corrected chi connectivity index (χ4v) is 3.09. The maximum atomic E-state index is 12.7. The van der Waals surface area contributed by atoms with Crippen LogP contribution in [-0.2, 0) is 0 Å². The fraction of sp³-hybridized carbons (Fsp3) is 0.250. The molecule has 1 aliphatic rings. The van der Waals surface area contributed by atoms with Gasteiger partial charge in [0, 0.05) is 12.4 Å². The minimum Gasteiger partial charge on any atom is -0.489 e. The molecule has 1 aliphatic heterocycles. The Labute approximate surface area is 172 Å². The number of H-pyrrole nitrogens is 1. The van der Waals surface area contributed by atoms with Crippen molar-refractivity contribution in [3.05, 3.63) is 60.4 Å². The predicted molar refractivity (Wildman–Crippen MR) is 109 cm³/mol. The molecule has 10 heteroatoms. The SMILES string of the molecule is O=C(Nc1cn[nH]c1C(=O)Nc1cccnc1)c1cncc(OC2CCNCC2)c1. The Morgan fingerprint density at radius 2 is 1.90 bits per heavy atom. The van der Waals surface area contributed by atoms with Crippen molar-refractivity contribution < 1.29 is 14.3 Å². The maximum Gasteiger partial charge on any atom is 0.275 e. The lowest BCUT2D eigenvalue weighted by molar-refractivity contribution is 0.102. The van der Waals surface area contributed by atoms with Gasteiger partial charge >= 0.3 is 0 Å². The van der Waals surface area contributed by atoms with Crippen LogP contribution in [0.15, 0.2) is 49.2 Å². The molecular formula is C20H21N7O3. The molecule has 0 saturated carbocycles. The summed E-state index contributed by atoms with van der Waals surface area (Å²) in [5.41, 5.74) is 1.23. The summed E-state index contributed by atoms with van der Waals surface area (Å²) in [7, 11) is 0. The van der Waals surface area contributed by atoms with Gasteiger partial charge in [-0.05, 0) is 44.1 Å². The number of nitrogens with one attached hydrogen (secondary N) is 4. The zero-order valence-electron chi connectivity index (χ0n) is 16.1. The molecule has 154 valence electrons. The van der Waals surface area contributed by atoms with Gasteiger partial charge in [-0.25, -0.2) is 0 Å². The van der Waals surface area contributed by atoms with Gasteiger partial charge in [-0.3, -0.25) is 24.7 Å². The van der Waals surface area contributed by atoms with Crippen LogP contribution in [0.1, 0.15) is 33.7 Å². The molecule has 0 aromatic carbocycles. The molecule has 0 atom stereocenters. The van der Waals surface area contributed by atoms with E-state index in [2.05, 4.69) is 36.1 Å². The quantitative estimate of drug-likeness (QED) is 0.490. The Balaban J connectivity index is 1.42. The summed E-state index contributed by atoms with van der Waals surface area (Å²) in [5, 5.41) is 15.1. The molecule has 4 heterocycles. The van der Waals surface area contributed by atoms with Gasteiger partial charge in [0.2, 0.25) is 0 Å². The minimum absolute atomic E-state index is 0.100. The second-order valence-corrected chi connectivity index (χ2v) is 6.79. The molecule has 3 aromatic heterocycles. The van der Waals surface area contributed by atoms with Crippen LogP contribution in [0.25, 0.3) is 0 Å². The van der Waals surface area contributed by atoms with Crippen LogP contribution in [0.3, 0.4) is 0 Å². The molecule has 0 aliphatic carbocycles. The van der Waals surface area contributed by atoms with E-state index in [4.69, 9.17) is 4.74 Å². The highest BCUT2D eigenvalue weighted by atomic mass is 16.5. The van der Waals surface area contributed by atoms with Crippen LogP contribution < -0.4 is 20.7 Å². The number of ether oxygens (including phenoxy) is 1. The first kappa shape index (κ1) is 19.5. The maximum absolute atomic E-state index is 12.7. The lowest BCUT2D eigenvalue weighted by Crippen LogP contribution is -2.34. The summed E-state index contributed by atoms with van der Waals surface area (Å²) in [4.78, 5) is 33.2. The Bertz CT molecular complexity index is 1020. The van der Waals surface area contributed by atoms with Gasteiger partial charge in [-0.15, -0.1) is 0 Å². The third-order valence-corrected chi connectivity index (χ3v) is 4.60. The van der Waals surface area contributed by atoms with Gasteiger partial charge < -0.3 is 20.7 Å². The summed E-state index contributed by atoms with van der Waals surface area (Å²) in [5.74, 6) is -0.330. The first-order valence-corrected chi connectivity index (χ1v) is 9.57. The summed E-state index contributed by atoms with van der Waals surface area (Å²) < 4.78 is 5.94. The molecule has 4 rings (SSSR count). The number of carbonyl (C=O) groups is 2. The number of pyridine rings is 2. The van der Waals surface area contributed by atoms with E-state index in [1.165, 1.54) is 18.6 Å². The van der Waals surface area contributed by atoms with Gasteiger partial charge in [0.25, 0.3) is 11.8 Å². The highest BCUT2D eigenvalue weighted by molar-refractivity contribution is 6.11. The Kier molecular flexibility index (Phi) is 5.95. The van der Waals surface area contributed by atoms with Crippen LogP contribution in [-0.4, -0.2) is 51.2 Å². The Morgan fingerprint density at radius 3 is 2.70 bits per heavy atom. The van der Waals surface area contributed by atoms with Crippen molar-refractivity contribution in [3.63, 3.8) is 0 Å². The van der Waals surface area contributed by atoms with Crippen LogP contribution in [0.5, 0.6) is 5.75 Å². The minimum atomic E-state index is -0.447. The van der Waals surface area contributed by atoms with E-state index in [0.29, 0.717) is 17.0 Å². The van der Waals surface area contributed by atoms with Gasteiger partial charge in [0.1, 0.15) is 17.5 Å². The number of rotatable bonds is 6. The average Bonchev–Trinajstić information content (AvgIpc) is 3.24. The van der Waals surface area contributed by atoms with E-state index in [0.717, 1.165) is 25.9 Å². The van der Waals surface area contributed by atoms with E-state index >= 15 is 0 Å². The Morgan fingerprint density at radius 1 is 1.03 bits per heavy atom. The number of aromatic nitrogens is 4. The molecule has 10 nitrogen and oxygen atoms in total. The number of aromatic amines is 1. The molecule has 1 fully saturated rings. The second-order valence-electron chi connectivity index (χ2n) is 6.79. The molecule has 0 bridgehead atoms.